The van der Waals surface area contributed by atoms with Gasteiger partial charge in [-0.1, -0.05) is 31.4 Å². The van der Waals surface area contributed by atoms with Crippen molar-refractivity contribution in [2.75, 3.05) is 5.73 Å². The highest BCUT2D eigenvalue weighted by Crippen LogP contribution is 2.34. The summed E-state index contributed by atoms with van der Waals surface area (Å²) in [5.41, 5.74) is 11.4. The van der Waals surface area contributed by atoms with Gasteiger partial charge in [-0.2, -0.15) is 0 Å². The van der Waals surface area contributed by atoms with E-state index in [9.17, 15) is 0 Å². The lowest BCUT2D eigenvalue weighted by Crippen LogP contribution is -2.16. The molecule has 0 amide bonds. The molecule has 1 aliphatic carbocycles. The van der Waals surface area contributed by atoms with E-state index in [1.165, 1.54) is 19.3 Å². The Morgan fingerprint density at radius 2 is 2.08 bits per heavy atom. The first kappa shape index (κ1) is 14.4. The number of fused-ring (bicyclic) bond motifs is 2. The first-order valence-corrected chi connectivity index (χ1v) is 8.77. The van der Waals surface area contributed by atoms with Crippen LogP contribution in [0.2, 0.25) is 0 Å². The average molecular weight is 329 g/mol. The molecule has 0 saturated heterocycles. The van der Waals surface area contributed by atoms with E-state index in [4.69, 9.17) is 5.73 Å². The maximum Gasteiger partial charge on any atom is 0.238 e. The lowest BCUT2D eigenvalue weighted by Gasteiger charge is -2.25. The summed E-state index contributed by atoms with van der Waals surface area (Å²) in [5, 5.41) is 5.50. The molecule has 0 bridgehead atoms. The third kappa shape index (κ3) is 2.43. The number of nitrogen functional groups attached to an aromatic ring is 1. The largest absolute Gasteiger partial charge is 0.367 e. The highest BCUT2D eigenvalue weighted by molar-refractivity contribution is 5.89. The summed E-state index contributed by atoms with van der Waals surface area (Å²) in [6.45, 7) is 0. The average Bonchev–Trinajstić information content (AvgIpc) is 3.01. The second-order valence-electron chi connectivity index (χ2n) is 6.85. The zero-order valence-electron chi connectivity index (χ0n) is 13.9. The van der Waals surface area contributed by atoms with Crippen molar-refractivity contribution < 1.29 is 0 Å². The molecule has 0 unspecified atom stereocenters. The predicted molar refractivity (Wildman–Crippen MR) is 99.2 cm³/mol. The maximum atomic E-state index is 5.93. The number of pyridine rings is 1. The molecule has 0 atom stereocenters. The van der Waals surface area contributed by atoms with Crippen molar-refractivity contribution in [2.24, 2.45) is 5.92 Å². The van der Waals surface area contributed by atoms with E-state index in [1.54, 1.807) is 0 Å². The van der Waals surface area contributed by atoms with Gasteiger partial charge in [0.25, 0.3) is 0 Å². The molecule has 0 radical (unpaired) electrons. The molecule has 0 aliphatic heterocycles. The Labute approximate surface area is 145 Å². The summed E-state index contributed by atoms with van der Waals surface area (Å²) in [6, 6.07) is 12.5. The van der Waals surface area contributed by atoms with Gasteiger partial charge in [0.15, 0.2) is 0 Å². The summed E-state index contributed by atoms with van der Waals surface area (Å²) in [6.07, 6.45) is 8.67. The Bertz CT molecular complexity index is 1080. The summed E-state index contributed by atoms with van der Waals surface area (Å²) < 4.78 is 1.87. The molecule has 5 nitrogen and oxygen atoms in total. The molecule has 124 valence electrons. The van der Waals surface area contributed by atoms with Crippen LogP contribution >= 0.6 is 0 Å². The van der Waals surface area contributed by atoms with E-state index in [-0.39, 0.29) is 0 Å². The third-order valence-electron chi connectivity index (χ3n) is 5.22. The van der Waals surface area contributed by atoms with E-state index >= 15 is 0 Å². The molecule has 1 aromatic carbocycles. The van der Waals surface area contributed by atoms with Gasteiger partial charge in [-0.25, -0.2) is 9.50 Å². The normalized spacial score (nSPS) is 14.9. The van der Waals surface area contributed by atoms with Crippen molar-refractivity contribution in [2.45, 2.75) is 25.7 Å². The van der Waals surface area contributed by atoms with Gasteiger partial charge in [-0.15, -0.1) is 5.10 Å². The van der Waals surface area contributed by atoms with Crippen LogP contribution in [0.4, 0.5) is 5.95 Å². The lowest BCUT2D eigenvalue weighted by molar-refractivity contribution is 0.312. The minimum atomic E-state index is 0.340. The molecule has 1 aliphatic rings. The fourth-order valence-electron chi connectivity index (χ4n) is 3.71. The van der Waals surface area contributed by atoms with Crippen LogP contribution in [0, 0.1) is 5.92 Å². The molecule has 5 rings (SSSR count). The first-order valence-electron chi connectivity index (χ1n) is 8.77. The molecule has 1 fully saturated rings. The molecule has 2 N–H and O–H groups in total. The van der Waals surface area contributed by atoms with Gasteiger partial charge in [0.2, 0.25) is 5.95 Å². The predicted octanol–water partition coefficient (Wildman–Crippen LogP) is 3.87. The second kappa shape index (κ2) is 5.55. The van der Waals surface area contributed by atoms with E-state index in [0.29, 0.717) is 5.95 Å². The smallest absolute Gasteiger partial charge is 0.238 e. The van der Waals surface area contributed by atoms with Gasteiger partial charge in [0, 0.05) is 23.3 Å². The SMILES string of the molecule is Nc1nc(CC2CCC2)c2c(-c3ccc4ncccc4c3)ccn2n1. The van der Waals surface area contributed by atoms with E-state index in [1.807, 2.05) is 23.0 Å². The number of hydrogen-bond acceptors (Lipinski definition) is 4. The van der Waals surface area contributed by atoms with Gasteiger partial charge < -0.3 is 5.73 Å². The van der Waals surface area contributed by atoms with Crippen LogP contribution in [-0.4, -0.2) is 19.6 Å². The number of nitrogens with zero attached hydrogens (tertiary/aromatic N) is 4. The molecular formula is C20H19N5. The van der Waals surface area contributed by atoms with Crippen LogP contribution in [0.15, 0.2) is 48.8 Å². The standard InChI is InChI=1S/C20H19N5/c21-20-23-18(11-13-3-1-4-13)19-16(8-10-25(19)24-20)14-6-7-17-15(12-14)5-2-9-22-17/h2,5-10,12-13H,1,3-4,11H2,(H2,21,24). The van der Waals surface area contributed by atoms with Gasteiger partial charge in [0.1, 0.15) is 0 Å². The monoisotopic (exact) mass is 329 g/mol. The van der Waals surface area contributed by atoms with Crippen molar-refractivity contribution in [1.82, 2.24) is 19.6 Å². The molecule has 3 aromatic heterocycles. The van der Waals surface area contributed by atoms with E-state index < -0.39 is 0 Å². The van der Waals surface area contributed by atoms with Crippen molar-refractivity contribution in [3.05, 3.63) is 54.5 Å². The Morgan fingerprint density at radius 3 is 2.92 bits per heavy atom. The van der Waals surface area contributed by atoms with Crippen LogP contribution in [0.5, 0.6) is 0 Å². The fourth-order valence-corrected chi connectivity index (χ4v) is 3.71. The molecular weight excluding hydrogens is 310 g/mol. The Morgan fingerprint density at radius 1 is 1.16 bits per heavy atom. The van der Waals surface area contributed by atoms with Gasteiger partial charge in [-0.3, -0.25) is 4.98 Å². The zero-order valence-corrected chi connectivity index (χ0v) is 13.9. The van der Waals surface area contributed by atoms with Gasteiger partial charge in [0.05, 0.1) is 16.7 Å². The lowest BCUT2D eigenvalue weighted by atomic mass is 9.82. The number of hydrogen-bond donors (Lipinski definition) is 1. The molecule has 1 saturated carbocycles. The minimum absolute atomic E-state index is 0.340. The van der Waals surface area contributed by atoms with E-state index in [2.05, 4.69) is 45.4 Å². The van der Waals surface area contributed by atoms with Gasteiger partial charge >= 0.3 is 0 Å². The fraction of sp³-hybridized carbons (Fsp3) is 0.250. The van der Waals surface area contributed by atoms with Crippen molar-refractivity contribution in [1.29, 1.82) is 0 Å². The van der Waals surface area contributed by atoms with Crippen molar-refractivity contribution in [3.8, 4) is 11.1 Å². The number of benzene rings is 1. The Kier molecular flexibility index (Phi) is 3.20. The summed E-state index contributed by atoms with van der Waals surface area (Å²) in [5.74, 6) is 1.06. The number of rotatable bonds is 3. The summed E-state index contributed by atoms with van der Waals surface area (Å²) in [7, 11) is 0. The van der Waals surface area contributed by atoms with Crippen molar-refractivity contribution in [3.63, 3.8) is 0 Å². The summed E-state index contributed by atoms with van der Waals surface area (Å²) >= 11 is 0. The molecule has 4 aromatic rings. The number of nitrogens with two attached hydrogens (primary N) is 1. The highest BCUT2D eigenvalue weighted by Gasteiger charge is 2.22. The van der Waals surface area contributed by atoms with Crippen molar-refractivity contribution >= 4 is 22.4 Å². The molecule has 25 heavy (non-hydrogen) atoms. The zero-order chi connectivity index (χ0) is 16.8. The topological polar surface area (TPSA) is 69.1 Å². The first-order chi connectivity index (χ1) is 12.3. The maximum absolute atomic E-state index is 5.93. The van der Waals surface area contributed by atoms with Gasteiger partial charge in [-0.05, 0) is 42.2 Å². The Hall–Kier alpha value is -2.95. The van der Waals surface area contributed by atoms with Crippen LogP contribution < -0.4 is 5.73 Å². The van der Waals surface area contributed by atoms with Crippen LogP contribution in [-0.2, 0) is 6.42 Å². The quantitative estimate of drug-likeness (QED) is 0.619. The summed E-state index contributed by atoms with van der Waals surface area (Å²) in [4.78, 5) is 8.98. The Balaban J connectivity index is 1.69. The molecule has 0 spiro atoms. The minimum Gasteiger partial charge on any atom is -0.367 e. The van der Waals surface area contributed by atoms with Crippen LogP contribution in [0.3, 0.4) is 0 Å². The highest BCUT2D eigenvalue weighted by atomic mass is 15.3. The number of aromatic nitrogens is 4. The van der Waals surface area contributed by atoms with Crippen LogP contribution in [0.25, 0.3) is 27.5 Å². The van der Waals surface area contributed by atoms with E-state index in [0.717, 1.165) is 45.6 Å². The third-order valence-corrected chi connectivity index (χ3v) is 5.22. The van der Waals surface area contributed by atoms with Crippen LogP contribution in [0.1, 0.15) is 25.0 Å². The molecule has 3 heterocycles. The number of anilines is 1. The second-order valence-corrected chi connectivity index (χ2v) is 6.85. The molecule has 5 heteroatoms.